The van der Waals surface area contributed by atoms with Crippen LogP contribution in [0.4, 0.5) is 5.69 Å². The highest BCUT2D eigenvalue weighted by Gasteiger charge is 2.30. The lowest BCUT2D eigenvalue weighted by Gasteiger charge is -2.35. The van der Waals surface area contributed by atoms with Crippen LogP contribution >= 0.6 is 0 Å². The molecule has 0 bridgehead atoms. The fourth-order valence-corrected chi connectivity index (χ4v) is 4.73. The monoisotopic (exact) mass is 380 g/mol. The lowest BCUT2D eigenvalue weighted by atomic mass is 10.2. The summed E-state index contributed by atoms with van der Waals surface area (Å²) in [7, 11) is -0.577. The van der Waals surface area contributed by atoms with Crippen molar-refractivity contribution < 1.29 is 17.9 Å². The highest BCUT2D eigenvalue weighted by atomic mass is 32.2. The Kier molecular flexibility index (Phi) is 5.10. The summed E-state index contributed by atoms with van der Waals surface area (Å²) in [6.07, 6.45) is 0. The van der Waals surface area contributed by atoms with Gasteiger partial charge in [-0.1, -0.05) is 0 Å². The van der Waals surface area contributed by atoms with Gasteiger partial charge in [0.2, 0.25) is 10.0 Å². The Hall–Kier alpha value is -2.26. The number of methoxy groups -OCH3 is 2. The Morgan fingerprint density at radius 2 is 1.69 bits per heavy atom. The molecule has 0 saturated carbocycles. The number of aryl methyl sites for hydroxylation is 2. The topological polar surface area (TPSA) is 87.8 Å². The highest BCUT2D eigenvalue weighted by Crippen LogP contribution is 2.31. The van der Waals surface area contributed by atoms with Crippen LogP contribution in [-0.4, -0.2) is 63.3 Å². The number of piperazine rings is 1. The third-order valence-electron chi connectivity index (χ3n) is 4.64. The van der Waals surface area contributed by atoms with E-state index in [1.807, 2.05) is 13.8 Å². The van der Waals surface area contributed by atoms with Gasteiger partial charge in [-0.15, -0.1) is 0 Å². The van der Waals surface area contributed by atoms with E-state index in [-0.39, 0.29) is 4.90 Å². The van der Waals surface area contributed by atoms with E-state index in [0.717, 1.165) is 17.1 Å². The number of H-pyrrole nitrogens is 1. The van der Waals surface area contributed by atoms with Crippen LogP contribution in [0.1, 0.15) is 11.4 Å². The number of benzene rings is 1. The van der Waals surface area contributed by atoms with Gasteiger partial charge in [0.15, 0.2) is 11.5 Å². The molecule has 142 valence electrons. The minimum atomic E-state index is -3.58. The fourth-order valence-electron chi connectivity index (χ4n) is 3.29. The number of anilines is 1. The van der Waals surface area contributed by atoms with Crippen LogP contribution in [0.2, 0.25) is 0 Å². The first kappa shape index (κ1) is 18.5. The Labute approximate surface area is 153 Å². The first-order valence-corrected chi connectivity index (χ1v) is 9.81. The number of hydrogen-bond acceptors (Lipinski definition) is 6. The van der Waals surface area contributed by atoms with Crippen molar-refractivity contribution in [3.05, 3.63) is 29.6 Å². The summed E-state index contributed by atoms with van der Waals surface area (Å²) in [5.41, 5.74) is 2.99. The number of hydrogen-bond donors (Lipinski definition) is 1. The van der Waals surface area contributed by atoms with Crippen molar-refractivity contribution in [3.8, 4) is 11.5 Å². The van der Waals surface area contributed by atoms with Gasteiger partial charge >= 0.3 is 0 Å². The SMILES string of the molecule is COc1ccc(S(=O)(=O)N2CCN(c3c(C)n[nH]c3C)CC2)cc1OC. The van der Waals surface area contributed by atoms with Gasteiger partial charge in [0, 0.05) is 32.2 Å². The zero-order chi connectivity index (χ0) is 18.9. The predicted octanol–water partition coefficient (Wildman–Crippen LogP) is 1.55. The maximum absolute atomic E-state index is 13.0. The number of rotatable bonds is 5. The van der Waals surface area contributed by atoms with Crippen molar-refractivity contribution in [1.82, 2.24) is 14.5 Å². The normalized spacial score (nSPS) is 15.9. The van der Waals surface area contributed by atoms with E-state index in [2.05, 4.69) is 15.1 Å². The van der Waals surface area contributed by atoms with Gasteiger partial charge in [0.05, 0.1) is 36.2 Å². The molecule has 0 radical (unpaired) electrons. The summed E-state index contributed by atoms with van der Waals surface area (Å²) in [6, 6.07) is 4.67. The van der Waals surface area contributed by atoms with Crippen LogP contribution in [0.25, 0.3) is 0 Å². The standard InChI is InChI=1S/C17H24N4O4S/c1-12-17(13(2)19-18-12)20-7-9-21(10-8-20)26(22,23)14-5-6-15(24-3)16(11-14)25-4/h5-6,11H,7-10H2,1-4H3,(H,18,19). The molecule has 2 heterocycles. The first-order valence-electron chi connectivity index (χ1n) is 8.37. The van der Waals surface area contributed by atoms with E-state index in [4.69, 9.17) is 9.47 Å². The van der Waals surface area contributed by atoms with Crippen molar-refractivity contribution in [1.29, 1.82) is 0 Å². The molecule has 1 aliphatic heterocycles. The van der Waals surface area contributed by atoms with Crippen LogP contribution < -0.4 is 14.4 Å². The molecule has 1 aromatic carbocycles. The largest absolute Gasteiger partial charge is 0.493 e. The number of nitrogens with one attached hydrogen (secondary N) is 1. The molecule has 9 heteroatoms. The molecule has 1 fully saturated rings. The molecule has 3 rings (SSSR count). The summed E-state index contributed by atoms with van der Waals surface area (Å²) >= 11 is 0. The molecule has 26 heavy (non-hydrogen) atoms. The lowest BCUT2D eigenvalue weighted by Crippen LogP contribution is -2.48. The Balaban J connectivity index is 1.78. The second-order valence-corrected chi connectivity index (χ2v) is 8.13. The lowest BCUT2D eigenvalue weighted by molar-refractivity contribution is 0.353. The van der Waals surface area contributed by atoms with Crippen LogP contribution in [0.3, 0.4) is 0 Å². The third-order valence-corrected chi connectivity index (χ3v) is 6.53. The van der Waals surface area contributed by atoms with E-state index < -0.39 is 10.0 Å². The molecule has 8 nitrogen and oxygen atoms in total. The molecule has 0 amide bonds. The number of sulfonamides is 1. The average Bonchev–Trinajstić information content (AvgIpc) is 2.99. The van der Waals surface area contributed by atoms with E-state index in [9.17, 15) is 8.42 Å². The number of ether oxygens (including phenoxy) is 2. The number of aromatic amines is 1. The molecule has 1 aromatic heterocycles. The molecule has 2 aromatic rings. The van der Waals surface area contributed by atoms with Crippen molar-refractivity contribution in [2.24, 2.45) is 0 Å². The molecule has 0 unspecified atom stereocenters. The van der Waals surface area contributed by atoms with Gasteiger partial charge in [0.25, 0.3) is 0 Å². The van der Waals surface area contributed by atoms with Crippen LogP contribution in [0, 0.1) is 13.8 Å². The second-order valence-electron chi connectivity index (χ2n) is 6.19. The number of nitrogens with zero attached hydrogens (tertiary/aromatic N) is 3. The zero-order valence-corrected chi connectivity index (χ0v) is 16.3. The van der Waals surface area contributed by atoms with Gasteiger partial charge in [-0.05, 0) is 26.0 Å². The highest BCUT2D eigenvalue weighted by molar-refractivity contribution is 7.89. The van der Waals surface area contributed by atoms with Crippen molar-refractivity contribution in [3.63, 3.8) is 0 Å². The van der Waals surface area contributed by atoms with Gasteiger partial charge < -0.3 is 14.4 Å². The van der Waals surface area contributed by atoms with Gasteiger partial charge in [-0.3, -0.25) is 5.10 Å². The summed E-state index contributed by atoms with van der Waals surface area (Å²) in [5, 5.41) is 7.19. The first-order chi connectivity index (χ1) is 12.4. The van der Waals surface area contributed by atoms with Crippen LogP contribution in [-0.2, 0) is 10.0 Å². The van der Waals surface area contributed by atoms with Crippen molar-refractivity contribution in [2.75, 3.05) is 45.3 Å². The van der Waals surface area contributed by atoms with E-state index in [0.29, 0.717) is 37.7 Å². The predicted molar refractivity (Wildman–Crippen MR) is 98.6 cm³/mol. The van der Waals surface area contributed by atoms with Crippen LogP contribution in [0.15, 0.2) is 23.1 Å². The van der Waals surface area contributed by atoms with Gasteiger partial charge in [0.1, 0.15) is 0 Å². The Morgan fingerprint density at radius 3 is 2.23 bits per heavy atom. The minimum absolute atomic E-state index is 0.208. The third kappa shape index (κ3) is 3.24. The maximum Gasteiger partial charge on any atom is 0.243 e. The Morgan fingerprint density at radius 1 is 1.04 bits per heavy atom. The molecule has 0 spiro atoms. The zero-order valence-electron chi connectivity index (χ0n) is 15.4. The number of aromatic nitrogens is 2. The molecular formula is C17H24N4O4S. The summed E-state index contributed by atoms with van der Waals surface area (Å²) in [6.45, 7) is 6.00. The molecule has 0 atom stereocenters. The Bertz CT molecular complexity index is 867. The van der Waals surface area contributed by atoms with Crippen molar-refractivity contribution in [2.45, 2.75) is 18.7 Å². The van der Waals surface area contributed by atoms with Gasteiger partial charge in [-0.2, -0.15) is 9.40 Å². The fraction of sp³-hybridized carbons (Fsp3) is 0.471. The molecule has 1 N–H and O–H groups in total. The maximum atomic E-state index is 13.0. The van der Waals surface area contributed by atoms with Crippen LogP contribution in [0.5, 0.6) is 11.5 Å². The van der Waals surface area contributed by atoms with E-state index in [1.165, 1.54) is 24.6 Å². The molecule has 0 aliphatic carbocycles. The summed E-state index contributed by atoms with van der Waals surface area (Å²) in [5.74, 6) is 0.902. The smallest absolute Gasteiger partial charge is 0.243 e. The second kappa shape index (κ2) is 7.16. The average molecular weight is 380 g/mol. The summed E-state index contributed by atoms with van der Waals surface area (Å²) < 4.78 is 37.9. The van der Waals surface area contributed by atoms with Crippen molar-refractivity contribution >= 4 is 15.7 Å². The molecular weight excluding hydrogens is 356 g/mol. The summed E-state index contributed by atoms with van der Waals surface area (Å²) in [4.78, 5) is 2.38. The minimum Gasteiger partial charge on any atom is -0.493 e. The quantitative estimate of drug-likeness (QED) is 0.847. The van der Waals surface area contributed by atoms with E-state index >= 15 is 0 Å². The van der Waals surface area contributed by atoms with E-state index in [1.54, 1.807) is 12.1 Å². The molecule has 1 aliphatic rings. The van der Waals surface area contributed by atoms with Gasteiger partial charge in [-0.25, -0.2) is 8.42 Å². The molecule has 1 saturated heterocycles.